The molecular formula is C20H19N5O2. The Morgan fingerprint density at radius 2 is 1.96 bits per heavy atom. The van der Waals surface area contributed by atoms with Crippen molar-refractivity contribution in [1.29, 1.82) is 0 Å². The molecule has 136 valence electrons. The van der Waals surface area contributed by atoms with Crippen molar-refractivity contribution >= 4 is 16.9 Å². The topological polar surface area (TPSA) is 95.8 Å². The Kier molecular flexibility index (Phi) is 4.33. The number of phenolic OH excluding ortho intramolecular Hbond substituents is 1. The molecule has 1 unspecified atom stereocenters. The summed E-state index contributed by atoms with van der Waals surface area (Å²) in [6.07, 6.45) is 2.12. The van der Waals surface area contributed by atoms with Gasteiger partial charge in [0, 0.05) is 13.2 Å². The molecule has 0 radical (unpaired) electrons. The Labute approximate surface area is 155 Å². The van der Waals surface area contributed by atoms with Gasteiger partial charge in [-0.15, -0.1) is 0 Å². The molecule has 1 atom stereocenters. The van der Waals surface area contributed by atoms with Crippen LogP contribution in [0.1, 0.15) is 27.9 Å². The highest BCUT2D eigenvalue weighted by Crippen LogP contribution is 2.21. The van der Waals surface area contributed by atoms with Gasteiger partial charge in [-0.05, 0) is 42.3 Å². The number of fused-ring (bicyclic) bond motifs is 1. The Bertz CT molecular complexity index is 1050. The molecule has 7 nitrogen and oxygen atoms in total. The number of para-hydroxylation sites is 2. The van der Waals surface area contributed by atoms with Crippen molar-refractivity contribution in [3.63, 3.8) is 0 Å². The first kappa shape index (κ1) is 16.8. The molecule has 0 saturated heterocycles. The number of H-pyrrole nitrogens is 1. The number of aromatic hydroxyl groups is 1. The number of imidazole rings is 1. The third-order valence-electron chi connectivity index (χ3n) is 4.47. The van der Waals surface area contributed by atoms with Crippen molar-refractivity contribution in [2.75, 3.05) is 0 Å². The predicted molar refractivity (Wildman–Crippen MR) is 101 cm³/mol. The number of aromatic amines is 1. The average molecular weight is 361 g/mol. The molecule has 2 aromatic heterocycles. The van der Waals surface area contributed by atoms with Crippen molar-refractivity contribution < 1.29 is 9.90 Å². The summed E-state index contributed by atoms with van der Waals surface area (Å²) in [7, 11) is 1.73. The van der Waals surface area contributed by atoms with E-state index in [4.69, 9.17) is 0 Å². The summed E-state index contributed by atoms with van der Waals surface area (Å²) in [5, 5.41) is 16.6. The standard InChI is InChI=1S/C20H19N5O2/c1-25-18(10-11-21-25)20(27)24-17(12-13-6-8-14(26)9-7-13)19-22-15-4-2-3-5-16(15)23-19/h2-11,17,26H,12H2,1H3,(H,22,23)(H,24,27). The van der Waals surface area contributed by atoms with E-state index in [0.717, 1.165) is 16.6 Å². The highest BCUT2D eigenvalue weighted by molar-refractivity contribution is 5.92. The van der Waals surface area contributed by atoms with Crippen LogP contribution in [0.25, 0.3) is 11.0 Å². The molecule has 0 aliphatic heterocycles. The van der Waals surface area contributed by atoms with Crippen LogP contribution in [0.2, 0.25) is 0 Å². The third kappa shape index (κ3) is 3.52. The van der Waals surface area contributed by atoms with Crippen LogP contribution >= 0.6 is 0 Å². The van der Waals surface area contributed by atoms with Gasteiger partial charge in [0.1, 0.15) is 17.3 Å². The Balaban J connectivity index is 1.66. The fourth-order valence-electron chi connectivity index (χ4n) is 3.05. The number of amides is 1. The zero-order valence-electron chi connectivity index (χ0n) is 14.8. The van der Waals surface area contributed by atoms with Gasteiger partial charge in [0.15, 0.2) is 0 Å². The summed E-state index contributed by atoms with van der Waals surface area (Å²) in [4.78, 5) is 20.7. The van der Waals surface area contributed by atoms with E-state index in [0.29, 0.717) is 17.9 Å². The minimum Gasteiger partial charge on any atom is -0.508 e. The number of aromatic nitrogens is 4. The molecule has 0 saturated carbocycles. The molecule has 4 aromatic rings. The van der Waals surface area contributed by atoms with E-state index in [1.807, 2.05) is 36.4 Å². The number of phenols is 1. The monoisotopic (exact) mass is 361 g/mol. The predicted octanol–water partition coefficient (Wildman–Crippen LogP) is 2.72. The van der Waals surface area contributed by atoms with Crippen LogP contribution in [-0.4, -0.2) is 30.8 Å². The number of carbonyl (C=O) groups is 1. The molecule has 0 fully saturated rings. The zero-order chi connectivity index (χ0) is 18.8. The lowest BCUT2D eigenvalue weighted by Gasteiger charge is -2.17. The van der Waals surface area contributed by atoms with E-state index >= 15 is 0 Å². The maximum absolute atomic E-state index is 12.7. The van der Waals surface area contributed by atoms with Gasteiger partial charge in [-0.2, -0.15) is 5.10 Å². The van der Waals surface area contributed by atoms with Gasteiger partial charge >= 0.3 is 0 Å². The first-order valence-electron chi connectivity index (χ1n) is 8.61. The fraction of sp³-hybridized carbons (Fsp3) is 0.150. The number of nitrogens with zero attached hydrogens (tertiary/aromatic N) is 3. The maximum atomic E-state index is 12.7. The molecule has 3 N–H and O–H groups in total. The van der Waals surface area contributed by atoms with Crippen LogP contribution in [0.5, 0.6) is 5.75 Å². The number of carbonyl (C=O) groups excluding carboxylic acids is 1. The minimum absolute atomic E-state index is 0.206. The summed E-state index contributed by atoms with van der Waals surface area (Å²) >= 11 is 0. The molecule has 0 aliphatic rings. The van der Waals surface area contributed by atoms with Crippen molar-refractivity contribution in [3.05, 3.63) is 77.9 Å². The van der Waals surface area contributed by atoms with E-state index in [1.54, 1.807) is 31.4 Å². The number of hydrogen-bond acceptors (Lipinski definition) is 4. The highest BCUT2D eigenvalue weighted by Gasteiger charge is 2.21. The second-order valence-corrected chi connectivity index (χ2v) is 6.38. The van der Waals surface area contributed by atoms with Gasteiger partial charge in [-0.25, -0.2) is 4.98 Å². The number of nitrogens with one attached hydrogen (secondary N) is 2. The van der Waals surface area contributed by atoms with Crippen LogP contribution in [0.3, 0.4) is 0 Å². The van der Waals surface area contributed by atoms with Crippen molar-refractivity contribution in [2.45, 2.75) is 12.5 Å². The number of rotatable bonds is 5. The van der Waals surface area contributed by atoms with Crippen LogP contribution in [0, 0.1) is 0 Å². The summed E-state index contributed by atoms with van der Waals surface area (Å²) in [6.45, 7) is 0. The summed E-state index contributed by atoms with van der Waals surface area (Å²) in [5.74, 6) is 0.664. The summed E-state index contributed by atoms with van der Waals surface area (Å²) in [6, 6.07) is 16.0. The van der Waals surface area contributed by atoms with Gasteiger partial charge in [0.2, 0.25) is 0 Å². The van der Waals surface area contributed by atoms with Gasteiger partial charge in [-0.3, -0.25) is 9.48 Å². The van der Waals surface area contributed by atoms with Gasteiger partial charge < -0.3 is 15.4 Å². The largest absolute Gasteiger partial charge is 0.508 e. The smallest absolute Gasteiger partial charge is 0.270 e. The third-order valence-corrected chi connectivity index (χ3v) is 4.47. The quantitative estimate of drug-likeness (QED) is 0.509. The molecule has 0 bridgehead atoms. The second-order valence-electron chi connectivity index (χ2n) is 6.38. The van der Waals surface area contributed by atoms with E-state index in [-0.39, 0.29) is 17.7 Å². The van der Waals surface area contributed by atoms with Crippen LogP contribution in [-0.2, 0) is 13.5 Å². The summed E-state index contributed by atoms with van der Waals surface area (Å²) < 4.78 is 1.53. The van der Waals surface area contributed by atoms with E-state index < -0.39 is 0 Å². The Hall–Kier alpha value is -3.61. The highest BCUT2D eigenvalue weighted by atomic mass is 16.3. The van der Waals surface area contributed by atoms with Crippen molar-refractivity contribution in [2.24, 2.45) is 7.05 Å². The Morgan fingerprint density at radius 1 is 1.19 bits per heavy atom. The lowest BCUT2D eigenvalue weighted by Crippen LogP contribution is -2.32. The first-order valence-corrected chi connectivity index (χ1v) is 8.61. The zero-order valence-corrected chi connectivity index (χ0v) is 14.8. The van der Waals surface area contributed by atoms with Crippen molar-refractivity contribution in [3.8, 4) is 5.75 Å². The second kappa shape index (κ2) is 6.95. The van der Waals surface area contributed by atoms with Gasteiger partial charge in [0.05, 0.1) is 17.1 Å². The lowest BCUT2D eigenvalue weighted by molar-refractivity contribution is 0.0925. The molecular weight excluding hydrogens is 342 g/mol. The van der Waals surface area contributed by atoms with Crippen LogP contribution in [0.15, 0.2) is 60.8 Å². The van der Waals surface area contributed by atoms with E-state index in [2.05, 4.69) is 20.4 Å². The Morgan fingerprint density at radius 3 is 2.67 bits per heavy atom. The lowest BCUT2D eigenvalue weighted by atomic mass is 10.0. The normalized spacial score (nSPS) is 12.2. The molecule has 4 rings (SSSR count). The minimum atomic E-state index is -0.357. The van der Waals surface area contributed by atoms with Crippen LogP contribution < -0.4 is 5.32 Å². The van der Waals surface area contributed by atoms with Crippen LogP contribution in [0.4, 0.5) is 0 Å². The van der Waals surface area contributed by atoms with Gasteiger partial charge in [0.25, 0.3) is 5.91 Å². The molecule has 1 amide bonds. The SMILES string of the molecule is Cn1nccc1C(=O)NC(Cc1ccc(O)cc1)c1nc2ccccc2[nH]1. The fourth-order valence-corrected chi connectivity index (χ4v) is 3.05. The molecule has 2 aromatic carbocycles. The molecule has 27 heavy (non-hydrogen) atoms. The molecule has 7 heteroatoms. The maximum Gasteiger partial charge on any atom is 0.270 e. The van der Waals surface area contributed by atoms with E-state index in [9.17, 15) is 9.90 Å². The van der Waals surface area contributed by atoms with Gasteiger partial charge in [-0.1, -0.05) is 24.3 Å². The molecule has 2 heterocycles. The number of aryl methyl sites for hydroxylation is 1. The molecule has 0 aliphatic carbocycles. The number of hydrogen-bond donors (Lipinski definition) is 3. The molecule has 0 spiro atoms. The first-order chi connectivity index (χ1) is 13.1. The number of benzene rings is 2. The van der Waals surface area contributed by atoms with Crippen molar-refractivity contribution in [1.82, 2.24) is 25.1 Å². The summed E-state index contributed by atoms with van der Waals surface area (Å²) in [5.41, 5.74) is 3.21. The average Bonchev–Trinajstić information content (AvgIpc) is 3.29. The van der Waals surface area contributed by atoms with E-state index in [1.165, 1.54) is 4.68 Å².